The molecule has 1 aromatic carbocycles. The van der Waals surface area contributed by atoms with Crippen LogP contribution in [-0.4, -0.2) is 111 Å². The van der Waals surface area contributed by atoms with Crippen molar-refractivity contribution >= 4 is 34.2 Å². The van der Waals surface area contributed by atoms with E-state index in [4.69, 9.17) is 0 Å². The number of aryl methyl sites for hydroxylation is 1. The van der Waals surface area contributed by atoms with E-state index in [0.29, 0.717) is 43.0 Å². The van der Waals surface area contributed by atoms with E-state index >= 15 is 0 Å². The van der Waals surface area contributed by atoms with Crippen LogP contribution in [0.1, 0.15) is 26.4 Å². The standard InChI is InChI=1S/C34H36N10O2/c1-40-9-11-42(12-10-40)32-6-4-26(21-36-32)34(46)44-15-13-43(14-16-44)33-19-25(7-8-35-33)31(45)20-29-18-27-17-24(3-5-30(27)39-38-29)28-22-37-41(2)23-28/h3-8,17-19,21-23H,9-16,20H2,1-2H3. The lowest BCUT2D eigenvalue weighted by Crippen LogP contribution is -2.49. The van der Waals surface area contributed by atoms with Crippen LogP contribution in [0.25, 0.3) is 22.0 Å². The Morgan fingerprint density at radius 2 is 1.50 bits per heavy atom. The van der Waals surface area contributed by atoms with Crippen LogP contribution in [0.15, 0.2) is 73.3 Å². The fourth-order valence-electron chi connectivity index (χ4n) is 6.01. The molecule has 12 heteroatoms. The Kier molecular flexibility index (Phi) is 8.10. The van der Waals surface area contributed by atoms with Gasteiger partial charge in [0.2, 0.25) is 0 Å². The maximum atomic E-state index is 13.3. The van der Waals surface area contributed by atoms with Crippen LogP contribution < -0.4 is 9.80 Å². The Morgan fingerprint density at radius 3 is 2.24 bits per heavy atom. The molecule has 234 valence electrons. The van der Waals surface area contributed by atoms with E-state index in [2.05, 4.69) is 47.0 Å². The Hall–Kier alpha value is -5.23. The van der Waals surface area contributed by atoms with Gasteiger partial charge in [-0.2, -0.15) is 15.3 Å². The molecule has 0 saturated carbocycles. The maximum absolute atomic E-state index is 13.3. The average molecular weight is 617 g/mol. The number of fused-ring (bicyclic) bond motifs is 1. The van der Waals surface area contributed by atoms with Gasteiger partial charge < -0.3 is 19.6 Å². The molecule has 6 heterocycles. The maximum Gasteiger partial charge on any atom is 0.255 e. The lowest BCUT2D eigenvalue weighted by Gasteiger charge is -2.35. The van der Waals surface area contributed by atoms with Crippen LogP contribution >= 0.6 is 0 Å². The van der Waals surface area contributed by atoms with Gasteiger partial charge in [-0.25, -0.2) is 9.97 Å². The van der Waals surface area contributed by atoms with Crippen molar-refractivity contribution in [3.05, 3.63) is 90.1 Å². The molecule has 7 rings (SSSR count). The van der Waals surface area contributed by atoms with E-state index in [0.717, 1.165) is 59.8 Å². The highest BCUT2D eigenvalue weighted by Gasteiger charge is 2.24. The zero-order valence-electron chi connectivity index (χ0n) is 26.1. The molecule has 2 fully saturated rings. The number of benzene rings is 1. The van der Waals surface area contributed by atoms with Gasteiger partial charge in [-0.1, -0.05) is 6.07 Å². The Balaban J connectivity index is 0.967. The van der Waals surface area contributed by atoms with E-state index in [1.165, 1.54) is 0 Å². The second kappa shape index (κ2) is 12.6. The van der Waals surface area contributed by atoms with Crippen molar-refractivity contribution in [2.75, 3.05) is 69.2 Å². The lowest BCUT2D eigenvalue weighted by molar-refractivity contribution is 0.0746. The average Bonchev–Trinajstić information content (AvgIpc) is 3.54. The molecule has 0 radical (unpaired) electrons. The van der Waals surface area contributed by atoms with E-state index in [9.17, 15) is 9.59 Å². The molecule has 0 atom stereocenters. The number of likely N-dealkylation sites (N-methyl/N-ethyl adjacent to an activating group) is 1. The highest BCUT2D eigenvalue weighted by atomic mass is 16.2. The predicted molar refractivity (Wildman–Crippen MR) is 176 cm³/mol. The van der Waals surface area contributed by atoms with Crippen LogP contribution in [-0.2, 0) is 13.5 Å². The summed E-state index contributed by atoms with van der Waals surface area (Å²) in [4.78, 5) is 44.2. The molecule has 0 spiro atoms. The van der Waals surface area contributed by atoms with E-state index in [1.807, 2.05) is 66.8 Å². The molecule has 5 aromatic rings. The first-order valence-corrected chi connectivity index (χ1v) is 15.6. The van der Waals surface area contributed by atoms with Crippen molar-refractivity contribution in [1.29, 1.82) is 0 Å². The van der Waals surface area contributed by atoms with Crippen molar-refractivity contribution < 1.29 is 9.59 Å². The second-order valence-corrected chi connectivity index (χ2v) is 12.0. The number of aromatic nitrogens is 6. The minimum absolute atomic E-state index is 0.0157. The first-order valence-electron chi connectivity index (χ1n) is 15.6. The summed E-state index contributed by atoms with van der Waals surface area (Å²) in [6.45, 7) is 6.26. The van der Waals surface area contributed by atoms with E-state index in [-0.39, 0.29) is 18.1 Å². The molecular formula is C34H36N10O2. The number of carbonyl (C=O) groups is 2. The number of carbonyl (C=O) groups excluding carboxylic acids is 2. The zero-order valence-corrected chi connectivity index (χ0v) is 26.1. The van der Waals surface area contributed by atoms with Gasteiger partial charge in [-0.15, -0.1) is 0 Å². The van der Waals surface area contributed by atoms with Crippen molar-refractivity contribution in [3.63, 3.8) is 0 Å². The van der Waals surface area contributed by atoms with E-state index < -0.39 is 0 Å². The van der Waals surface area contributed by atoms with Gasteiger partial charge in [0.1, 0.15) is 11.6 Å². The molecule has 46 heavy (non-hydrogen) atoms. The third-order valence-corrected chi connectivity index (χ3v) is 8.80. The summed E-state index contributed by atoms with van der Waals surface area (Å²) in [5.41, 5.74) is 4.59. The first-order chi connectivity index (χ1) is 22.4. The third kappa shape index (κ3) is 6.29. The summed E-state index contributed by atoms with van der Waals surface area (Å²) >= 11 is 0. The van der Waals surface area contributed by atoms with Crippen LogP contribution in [0.3, 0.4) is 0 Å². The highest BCUT2D eigenvalue weighted by Crippen LogP contribution is 2.24. The van der Waals surface area contributed by atoms with Gasteiger partial charge in [0.05, 0.1) is 29.4 Å². The van der Waals surface area contributed by atoms with Crippen molar-refractivity contribution in [3.8, 4) is 11.1 Å². The monoisotopic (exact) mass is 616 g/mol. The van der Waals surface area contributed by atoms with Gasteiger partial charge in [-0.05, 0) is 55.1 Å². The number of hydrogen-bond acceptors (Lipinski definition) is 10. The molecule has 4 aromatic heterocycles. The van der Waals surface area contributed by atoms with Crippen molar-refractivity contribution in [2.45, 2.75) is 6.42 Å². The number of pyridine rings is 2. The number of rotatable bonds is 7. The smallest absolute Gasteiger partial charge is 0.255 e. The number of anilines is 2. The number of hydrogen-bond donors (Lipinski definition) is 0. The Morgan fingerprint density at radius 1 is 0.717 bits per heavy atom. The Bertz CT molecular complexity index is 1870. The summed E-state index contributed by atoms with van der Waals surface area (Å²) in [7, 11) is 4.01. The molecule has 12 nitrogen and oxygen atoms in total. The quantitative estimate of drug-likeness (QED) is 0.253. The van der Waals surface area contributed by atoms with Crippen LogP contribution in [0.2, 0.25) is 0 Å². The number of ketones is 1. The summed E-state index contributed by atoms with van der Waals surface area (Å²) < 4.78 is 1.77. The zero-order chi connectivity index (χ0) is 31.6. The molecular weight excluding hydrogens is 580 g/mol. The summed E-state index contributed by atoms with van der Waals surface area (Å²) in [6.07, 6.45) is 7.28. The van der Waals surface area contributed by atoms with Crippen LogP contribution in [0.5, 0.6) is 0 Å². The minimum Gasteiger partial charge on any atom is -0.354 e. The summed E-state index contributed by atoms with van der Waals surface area (Å²) in [5.74, 6) is 1.57. The Labute approximate surface area is 267 Å². The van der Waals surface area contributed by atoms with E-state index in [1.54, 1.807) is 23.1 Å². The van der Waals surface area contributed by atoms with Crippen LogP contribution in [0.4, 0.5) is 11.6 Å². The molecule has 0 unspecified atom stereocenters. The second-order valence-electron chi connectivity index (χ2n) is 12.0. The molecule has 2 aliphatic heterocycles. The fourth-order valence-corrected chi connectivity index (χ4v) is 6.01. The van der Waals surface area contributed by atoms with Gasteiger partial charge in [-0.3, -0.25) is 14.3 Å². The summed E-state index contributed by atoms with van der Waals surface area (Å²) in [6, 6.07) is 15.3. The fraction of sp³-hybridized carbons (Fsp3) is 0.324. The topological polar surface area (TPSA) is 116 Å². The van der Waals surface area contributed by atoms with Gasteiger partial charge in [0.25, 0.3) is 5.91 Å². The van der Waals surface area contributed by atoms with Gasteiger partial charge in [0.15, 0.2) is 5.78 Å². The largest absolute Gasteiger partial charge is 0.354 e. The molecule has 0 aliphatic carbocycles. The van der Waals surface area contributed by atoms with Crippen LogP contribution in [0, 0.1) is 0 Å². The SMILES string of the molecule is CN1CCN(c2ccc(C(=O)N3CCN(c4cc(C(=O)Cc5cc6cc(-c7cnn(C)c7)ccc6nn5)ccn4)CC3)cn2)CC1. The molecule has 0 N–H and O–H groups in total. The van der Waals surface area contributed by atoms with Crippen molar-refractivity contribution in [1.82, 2.24) is 39.7 Å². The number of amides is 1. The normalized spacial score (nSPS) is 15.8. The highest BCUT2D eigenvalue weighted by molar-refractivity contribution is 5.98. The predicted octanol–water partition coefficient (Wildman–Crippen LogP) is 2.96. The number of Topliss-reactive ketones (excluding diaryl/α,β-unsaturated/α-hetero) is 1. The molecule has 1 amide bonds. The summed E-state index contributed by atoms with van der Waals surface area (Å²) in [5, 5.41) is 13.8. The first kappa shape index (κ1) is 29.5. The minimum atomic E-state index is -0.0537. The van der Waals surface area contributed by atoms with Crippen molar-refractivity contribution in [2.24, 2.45) is 7.05 Å². The number of nitrogens with zero attached hydrogens (tertiary/aromatic N) is 10. The number of piperazine rings is 2. The van der Waals surface area contributed by atoms with Gasteiger partial charge >= 0.3 is 0 Å². The molecule has 0 bridgehead atoms. The third-order valence-electron chi connectivity index (χ3n) is 8.80. The molecule has 2 saturated heterocycles. The molecule has 2 aliphatic rings. The van der Waals surface area contributed by atoms with Gasteiger partial charge in [0, 0.05) is 94.5 Å². The lowest BCUT2D eigenvalue weighted by atomic mass is 10.0.